The zero-order valence-corrected chi connectivity index (χ0v) is 12.1. The maximum Gasteiger partial charge on any atom is 0.234 e. The molecule has 0 saturated heterocycles. The van der Waals surface area contributed by atoms with Crippen LogP contribution in [0.2, 0.25) is 0 Å². The van der Waals surface area contributed by atoms with Gasteiger partial charge in [0.05, 0.1) is 18.4 Å². The van der Waals surface area contributed by atoms with Crippen LogP contribution in [0.3, 0.4) is 0 Å². The molecule has 0 fully saturated rings. The second kappa shape index (κ2) is 5.51. The van der Waals surface area contributed by atoms with Crippen LogP contribution in [0.5, 0.6) is 5.88 Å². The number of nitrogens with two attached hydrogens (primary N) is 1. The molecule has 0 aromatic carbocycles. The first-order valence-electron chi connectivity index (χ1n) is 6.34. The highest BCUT2D eigenvalue weighted by Crippen LogP contribution is 2.35. The lowest BCUT2D eigenvalue weighted by atomic mass is 9.97. The van der Waals surface area contributed by atoms with Gasteiger partial charge in [-0.3, -0.25) is 0 Å². The van der Waals surface area contributed by atoms with Crippen molar-refractivity contribution in [3.8, 4) is 29.1 Å². The minimum atomic E-state index is 0.0481. The van der Waals surface area contributed by atoms with E-state index in [1.54, 1.807) is 0 Å². The number of hydrogen-bond acceptors (Lipinski definition) is 5. The molecule has 0 radical (unpaired) electrons. The van der Waals surface area contributed by atoms with Gasteiger partial charge in [0, 0.05) is 5.56 Å². The minimum absolute atomic E-state index is 0.0481. The molecule has 0 aliphatic heterocycles. The number of nitrogens with one attached hydrogen (secondary N) is 1. The Bertz CT molecular complexity index is 778. The number of H-pyrrole nitrogens is 1. The molecule has 3 N–H and O–H groups in total. The van der Waals surface area contributed by atoms with E-state index in [-0.39, 0.29) is 22.8 Å². The lowest BCUT2D eigenvalue weighted by Crippen LogP contribution is -2.33. The summed E-state index contributed by atoms with van der Waals surface area (Å²) in [5.74, 6) is 0.166. The Kier molecular flexibility index (Phi) is 3.77. The fourth-order valence-electron chi connectivity index (χ4n) is 2.20. The third kappa shape index (κ3) is 2.26. The average Bonchev–Trinajstić information content (AvgIpc) is 2.86. The van der Waals surface area contributed by atoms with E-state index in [2.05, 4.69) is 16.2 Å². The normalized spacial score (nSPS) is 9.95. The van der Waals surface area contributed by atoms with Gasteiger partial charge in [-0.05, 0) is 13.8 Å². The third-order valence-corrected chi connectivity index (χ3v) is 3.22. The van der Waals surface area contributed by atoms with Crippen molar-refractivity contribution in [2.75, 3.05) is 12.8 Å². The van der Waals surface area contributed by atoms with Crippen molar-refractivity contribution >= 4 is 5.82 Å². The molecule has 0 saturated carbocycles. The lowest BCUT2D eigenvalue weighted by Gasteiger charge is -2.10. The Morgan fingerprint density at radius 2 is 2.05 bits per heavy atom. The topological polar surface area (TPSA) is 115 Å². The molecule has 2 heterocycles. The fraction of sp³-hybridized carbons (Fsp3) is 0.286. The molecule has 2 aromatic heterocycles. The molecule has 0 aliphatic carbocycles. The Morgan fingerprint density at radius 3 is 2.52 bits per heavy atom. The second-order valence-electron chi connectivity index (χ2n) is 4.42. The Morgan fingerprint density at radius 1 is 1.38 bits per heavy atom. The number of aromatic nitrogens is 3. The SMILES string of the molecule is CC[n+]1cc(-c2c(C#N)c(N)nc(OC)c2C#N)c(C)[nH]1. The number of nitrogens with zero attached hydrogens (tertiary/aromatic N) is 4. The van der Waals surface area contributed by atoms with E-state index in [4.69, 9.17) is 10.5 Å². The van der Waals surface area contributed by atoms with E-state index in [0.29, 0.717) is 5.56 Å². The van der Waals surface area contributed by atoms with Crippen LogP contribution in [-0.2, 0) is 6.54 Å². The van der Waals surface area contributed by atoms with Crippen LogP contribution >= 0.6 is 0 Å². The van der Waals surface area contributed by atoms with E-state index in [1.165, 1.54) is 7.11 Å². The highest BCUT2D eigenvalue weighted by molar-refractivity contribution is 5.82. The van der Waals surface area contributed by atoms with E-state index >= 15 is 0 Å². The van der Waals surface area contributed by atoms with Crippen molar-refractivity contribution in [1.29, 1.82) is 10.5 Å². The summed E-state index contributed by atoms with van der Waals surface area (Å²) in [5, 5.41) is 21.9. The molecule has 0 aliphatic rings. The van der Waals surface area contributed by atoms with E-state index in [9.17, 15) is 10.5 Å². The van der Waals surface area contributed by atoms with Gasteiger partial charge in [-0.15, -0.1) is 4.68 Å². The van der Waals surface area contributed by atoms with E-state index in [1.807, 2.05) is 30.8 Å². The molecular formula is C14H15N6O+. The predicted molar refractivity (Wildman–Crippen MR) is 75.0 cm³/mol. The van der Waals surface area contributed by atoms with Crippen molar-refractivity contribution in [2.45, 2.75) is 20.4 Å². The van der Waals surface area contributed by atoms with Crippen molar-refractivity contribution in [1.82, 2.24) is 10.1 Å². The molecular weight excluding hydrogens is 268 g/mol. The number of ether oxygens (including phenoxy) is 1. The number of rotatable bonds is 3. The maximum absolute atomic E-state index is 9.42. The molecule has 2 rings (SSSR count). The summed E-state index contributed by atoms with van der Waals surface area (Å²) in [4.78, 5) is 3.97. The number of nitriles is 2. The van der Waals surface area contributed by atoms with Gasteiger partial charge in [-0.1, -0.05) is 0 Å². The first kappa shape index (κ1) is 14.4. The van der Waals surface area contributed by atoms with Crippen molar-refractivity contribution in [3.63, 3.8) is 0 Å². The number of nitrogen functional groups attached to an aromatic ring is 1. The van der Waals surface area contributed by atoms with Crippen LogP contribution < -0.4 is 15.2 Å². The zero-order valence-electron chi connectivity index (χ0n) is 12.1. The van der Waals surface area contributed by atoms with E-state index in [0.717, 1.165) is 17.8 Å². The van der Waals surface area contributed by atoms with Gasteiger partial charge in [0.15, 0.2) is 6.54 Å². The van der Waals surface area contributed by atoms with Gasteiger partial charge in [0.1, 0.15) is 29.1 Å². The van der Waals surface area contributed by atoms with Gasteiger partial charge in [-0.2, -0.15) is 20.6 Å². The van der Waals surface area contributed by atoms with Gasteiger partial charge in [0.2, 0.25) is 12.1 Å². The first-order chi connectivity index (χ1) is 10.1. The first-order valence-corrected chi connectivity index (χ1v) is 6.34. The largest absolute Gasteiger partial charge is 0.480 e. The van der Waals surface area contributed by atoms with Crippen molar-refractivity contribution in [3.05, 3.63) is 23.0 Å². The Hall–Kier alpha value is -3.06. The van der Waals surface area contributed by atoms with Gasteiger partial charge in [-0.25, -0.2) is 0 Å². The Labute approximate surface area is 122 Å². The van der Waals surface area contributed by atoms with Crippen LogP contribution in [0.4, 0.5) is 5.82 Å². The molecule has 7 heteroatoms. The van der Waals surface area contributed by atoms with Crippen LogP contribution in [0.25, 0.3) is 11.1 Å². The minimum Gasteiger partial charge on any atom is -0.480 e. The monoisotopic (exact) mass is 283 g/mol. The average molecular weight is 283 g/mol. The number of aryl methyl sites for hydroxylation is 2. The van der Waals surface area contributed by atoms with Gasteiger partial charge < -0.3 is 10.5 Å². The summed E-state index contributed by atoms with van der Waals surface area (Å²) in [6, 6.07) is 4.08. The van der Waals surface area contributed by atoms with E-state index < -0.39 is 0 Å². The maximum atomic E-state index is 9.42. The molecule has 0 amide bonds. The lowest BCUT2D eigenvalue weighted by molar-refractivity contribution is -0.747. The molecule has 106 valence electrons. The molecule has 0 spiro atoms. The molecule has 0 bridgehead atoms. The van der Waals surface area contributed by atoms with Gasteiger partial charge in [0.25, 0.3) is 0 Å². The molecule has 2 aromatic rings. The number of anilines is 1. The highest BCUT2D eigenvalue weighted by Gasteiger charge is 2.25. The summed E-state index contributed by atoms with van der Waals surface area (Å²) in [7, 11) is 1.41. The summed E-state index contributed by atoms with van der Waals surface area (Å²) in [6.45, 7) is 4.59. The Balaban J connectivity index is 2.89. The third-order valence-electron chi connectivity index (χ3n) is 3.22. The summed E-state index contributed by atoms with van der Waals surface area (Å²) < 4.78 is 6.97. The number of aromatic amines is 1. The van der Waals surface area contributed by atoms with Gasteiger partial charge >= 0.3 is 0 Å². The fourth-order valence-corrected chi connectivity index (χ4v) is 2.20. The molecule has 7 nitrogen and oxygen atoms in total. The van der Waals surface area contributed by atoms with Crippen LogP contribution in [0.1, 0.15) is 23.7 Å². The van der Waals surface area contributed by atoms with Crippen LogP contribution in [0, 0.1) is 29.6 Å². The smallest absolute Gasteiger partial charge is 0.234 e. The summed E-state index contributed by atoms with van der Waals surface area (Å²) >= 11 is 0. The van der Waals surface area contributed by atoms with Crippen molar-refractivity contribution in [2.24, 2.45) is 0 Å². The summed E-state index contributed by atoms with van der Waals surface area (Å²) in [6.07, 6.45) is 1.84. The molecule has 21 heavy (non-hydrogen) atoms. The summed E-state index contributed by atoms with van der Waals surface area (Å²) in [5.41, 5.74) is 8.21. The standard InChI is InChI=1S/C14H14N6O/c1-4-20-7-11(8(2)19-20)12-9(5-15)13(17)18-14(21-3)10(12)6-16/h7H,4H2,1-3H3,(H2,17,18)/p+1. The highest BCUT2D eigenvalue weighted by atomic mass is 16.5. The molecule has 0 atom stereocenters. The predicted octanol–water partition coefficient (Wildman–Crippen LogP) is 1.03. The molecule has 0 unspecified atom stereocenters. The van der Waals surface area contributed by atoms with Crippen LogP contribution in [-0.4, -0.2) is 17.2 Å². The number of pyridine rings is 1. The quantitative estimate of drug-likeness (QED) is 0.816. The number of methoxy groups -OCH3 is 1. The number of hydrogen-bond donors (Lipinski definition) is 2. The zero-order chi connectivity index (χ0) is 15.6. The van der Waals surface area contributed by atoms with Crippen molar-refractivity contribution < 1.29 is 9.42 Å². The second-order valence-corrected chi connectivity index (χ2v) is 4.42. The van der Waals surface area contributed by atoms with Crippen LogP contribution in [0.15, 0.2) is 6.20 Å².